The molecule has 2 unspecified atom stereocenters. The van der Waals surface area contributed by atoms with Gasteiger partial charge >= 0.3 is 0 Å². The number of nitrogens with zero attached hydrogens (tertiary/aromatic N) is 1. The first-order chi connectivity index (χ1) is 6.58. The molecule has 0 spiro atoms. The number of hydrogen-bond donors (Lipinski definition) is 1. The Bertz CT molecular complexity index is 319. The predicted octanol–water partition coefficient (Wildman–Crippen LogP) is 1.68. The summed E-state index contributed by atoms with van der Waals surface area (Å²) in [5.74, 6) is 0.737. The number of ether oxygens (including phenoxy) is 1. The van der Waals surface area contributed by atoms with Crippen molar-refractivity contribution in [3.05, 3.63) is 24.0 Å². The van der Waals surface area contributed by atoms with Gasteiger partial charge in [0.2, 0.25) is 0 Å². The van der Waals surface area contributed by atoms with Crippen LogP contribution in [0.15, 0.2) is 18.3 Å². The van der Waals surface area contributed by atoms with Crippen LogP contribution in [0.3, 0.4) is 0 Å². The summed E-state index contributed by atoms with van der Waals surface area (Å²) in [4.78, 5) is 4.13. The molecule has 1 saturated carbocycles. The minimum Gasteiger partial charge on any atom is -0.486 e. The van der Waals surface area contributed by atoms with Gasteiger partial charge < -0.3 is 9.84 Å². The first-order valence-corrected chi connectivity index (χ1v) is 4.90. The van der Waals surface area contributed by atoms with Crippen LogP contribution in [0.1, 0.15) is 25.5 Å². The van der Waals surface area contributed by atoms with Crippen LogP contribution in [0.4, 0.5) is 0 Å². The van der Waals surface area contributed by atoms with E-state index in [0.717, 1.165) is 24.3 Å². The van der Waals surface area contributed by atoms with E-state index in [9.17, 15) is 5.11 Å². The predicted molar refractivity (Wildman–Crippen MR) is 53.2 cm³/mol. The zero-order valence-electron chi connectivity index (χ0n) is 8.53. The highest BCUT2D eigenvalue weighted by molar-refractivity contribution is 5.20. The molecule has 0 aromatic carbocycles. The number of hydrogen-bond acceptors (Lipinski definition) is 3. The molecule has 3 heteroatoms. The third-order valence-electron chi connectivity index (χ3n) is 2.77. The lowest BCUT2D eigenvalue weighted by atomic mass is 9.78. The second kappa shape index (κ2) is 3.24. The van der Waals surface area contributed by atoms with Crippen molar-refractivity contribution in [2.24, 2.45) is 0 Å². The lowest BCUT2D eigenvalue weighted by molar-refractivity contribution is -0.118. The maximum absolute atomic E-state index is 9.74. The second-order valence-electron chi connectivity index (χ2n) is 4.14. The molecule has 3 nitrogen and oxygen atoms in total. The molecule has 0 amide bonds. The molecular weight excluding hydrogens is 178 g/mol. The summed E-state index contributed by atoms with van der Waals surface area (Å²) in [6.07, 6.45) is 3.36. The third-order valence-corrected chi connectivity index (χ3v) is 2.77. The van der Waals surface area contributed by atoms with E-state index < -0.39 is 5.60 Å². The van der Waals surface area contributed by atoms with Crippen LogP contribution < -0.4 is 4.74 Å². The van der Waals surface area contributed by atoms with Crippen LogP contribution in [0.5, 0.6) is 5.75 Å². The quantitative estimate of drug-likeness (QED) is 0.777. The number of aliphatic hydroxyl groups is 1. The van der Waals surface area contributed by atoms with Gasteiger partial charge in [0.15, 0.2) is 0 Å². The molecular formula is C11H15NO2. The summed E-state index contributed by atoms with van der Waals surface area (Å²) in [6.45, 7) is 3.74. The molecule has 1 fully saturated rings. The van der Waals surface area contributed by atoms with Gasteiger partial charge in [-0.3, -0.25) is 4.98 Å². The fourth-order valence-electron chi connectivity index (χ4n) is 1.55. The van der Waals surface area contributed by atoms with E-state index in [1.54, 1.807) is 6.20 Å². The molecule has 0 radical (unpaired) electrons. The van der Waals surface area contributed by atoms with Crippen LogP contribution in [0, 0.1) is 6.92 Å². The third kappa shape index (κ3) is 1.73. The van der Waals surface area contributed by atoms with Gasteiger partial charge in [0, 0.05) is 5.69 Å². The number of rotatable bonds is 2. The largest absolute Gasteiger partial charge is 0.486 e. The molecule has 1 heterocycles. The highest BCUT2D eigenvalue weighted by Crippen LogP contribution is 2.34. The molecule has 2 atom stereocenters. The Balaban J connectivity index is 2.01. The Morgan fingerprint density at radius 1 is 1.57 bits per heavy atom. The molecule has 2 rings (SSSR count). The summed E-state index contributed by atoms with van der Waals surface area (Å²) in [5.41, 5.74) is 0.308. The van der Waals surface area contributed by atoms with Crippen molar-refractivity contribution >= 4 is 0 Å². The number of aryl methyl sites for hydroxylation is 1. The van der Waals surface area contributed by atoms with Gasteiger partial charge in [-0.25, -0.2) is 0 Å². The average molecular weight is 193 g/mol. The summed E-state index contributed by atoms with van der Waals surface area (Å²) >= 11 is 0. The zero-order chi connectivity index (χ0) is 10.2. The zero-order valence-corrected chi connectivity index (χ0v) is 8.53. The Hall–Kier alpha value is -1.09. The highest BCUT2D eigenvalue weighted by atomic mass is 16.5. The molecule has 0 bridgehead atoms. The van der Waals surface area contributed by atoms with Crippen molar-refractivity contribution in [3.63, 3.8) is 0 Å². The second-order valence-corrected chi connectivity index (χ2v) is 4.14. The first kappa shape index (κ1) is 9.46. The van der Waals surface area contributed by atoms with E-state index in [2.05, 4.69) is 4.98 Å². The SMILES string of the molecule is Cc1ccc(OC2CCC2(C)O)cn1. The maximum Gasteiger partial charge on any atom is 0.138 e. The van der Waals surface area contributed by atoms with Crippen LogP contribution >= 0.6 is 0 Å². The van der Waals surface area contributed by atoms with Gasteiger partial charge in [-0.2, -0.15) is 0 Å². The molecule has 1 aromatic heterocycles. The molecule has 1 aromatic rings. The van der Waals surface area contributed by atoms with Crippen molar-refractivity contribution in [2.45, 2.75) is 38.4 Å². The van der Waals surface area contributed by atoms with Gasteiger partial charge in [-0.1, -0.05) is 0 Å². The van der Waals surface area contributed by atoms with Gasteiger partial charge in [0.05, 0.1) is 11.8 Å². The van der Waals surface area contributed by atoms with E-state index in [4.69, 9.17) is 4.74 Å². The number of pyridine rings is 1. The molecule has 14 heavy (non-hydrogen) atoms. The van der Waals surface area contributed by atoms with Crippen molar-refractivity contribution < 1.29 is 9.84 Å². The highest BCUT2D eigenvalue weighted by Gasteiger charge is 2.42. The summed E-state index contributed by atoms with van der Waals surface area (Å²) in [6, 6.07) is 3.79. The first-order valence-electron chi connectivity index (χ1n) is 4.90. The molecule has 1 N–H and O–H groups in total. The molecule has 0 aliphatic heterocycles. The van der Waals surface area contributed by atoms with Crippen molar-refractivity contribution in [2.75, 3.05) is 0 Å². The minimum absolute atomic E-state index is 0.0768. The molecule has 1 aliphatic carbocycles. The van der Waals surface area contributed by atoms with Gasteiger partial charge in [-0.15, -0.1) is 0 Å². The minimum atomic E-state index is -0.662. The smallest absolute Gasteiger partial charge is 0.138 e. The standard InChI is InChI=1S/C11H15NO2/c1-8-3-4-9(7-12-8)14-10-5-6-11(10,2)13/h3-4,7,10,13H,5-6H2,1-2H3. The van der Waals surface area contributed by atoms with Crippen LogP contribution in [0.25, 0.3) is 0 Å². The van der Waals surface area contributed by atoms with E-state index >= 15 is 0 Å². The molecule has 76 valence electrons. The van der Waals surface area contributed by atoms with E-state index in [0.29, 0.717) is 0 Å². The van der Waals surface area contributed by atoms with E-state index in [-0.39, 0.29) is 6.10 Å². The normalized spacial score (nSPS) is 30.9. The monoisotopic (exact) mass is 193 g/mol. The van der Waals surface area contributed by atoms with Crippen LogP contribution in [-0.2, 0) is 0 Å². The average Bonchev–Trinajstić information content (AvgIpc) is 2.15. The van der Waals surface area contributed by atoms with Crippen molar-refractivity contribution in [3.8, 4) is 5.75 Å². The summed E-state index contributed by atoms with van der Waals surface area (Å²) < 4.78 is 5.61. The Morgan fingerprint density at radius 2 is 2.36 bits per heavy atom. The summed E-state index contributed by atoms with van der Waals surface area (Å²) in [7, 11) is 0. The van der Waals surface area contributed by atoms with Crippen molar-refractivity contribution in [1.82, 2.24) is 4.98 Å². The maximum atomic E-state index is 9.74. The summed E-state index contributed by atoms with van der Waals surface area (Å²) in [5, 5.41) is 9.74. The molecule has 0 saturated heterocycles. The van der Waals surface area contributed by atoms with E-state index in [1.807, 2.05) is 26.0 Å². The van der Waals surface area contributed by atoms with Gasteiger partial charge in [-0.05, 0) is 38.8 Å². The van der Waals surface area contributed by atoms with E-state index in [1.165, 1.54) is 0 Å². The Kier molecular flexibility index (Phi) is 2.19. The van der Waals surface area contributed by atoms with Gasteiger partial charge in [0.25, 0.3) is 0 Å². The fraction of sp³-hybridized carbons (Fsp3) is 0.545. The van der Waals surface area contributed by atoms with Crippen molar-refractivity contribution in [1.29, 1.82) is 0 Å². The van der Waals surface area contributed by atoms with Crippen LogP contribution in [-0.4, -0.2) is 21.8 Å². The topological polar surface area (TPSA) is 42.4 Å². The lowest BCUT2D eigenvalue weighted by Gasteiger charge is -2.42. The Labute approximate surface area is 83.7 Å². The fourth-order valence-corrected chi connectivity index (χ4v) is 1.55. The van der Waals surface area contributed by atoms with Gasteiger partial charge in [0.1, 0.15) is 11.9 Å². The lowest BCUT2D eigenvalue weighted by Crippen LogP contribution is -2.52. The van der Waals surface area contributed by atoms with Crippen LogP contribution in [0.2, 0.25) is 0 Å². The molecule has 1 aliphatic rings. The Morgan fingerprint density at radius 3 is 2.79 bits per heavy atom. The number of aromatic nitrogens is 1.